The van der Waals surface area contributed by atoms with Crippen LogP contribution in [-0.4, -0.2) is 27.4 Å². The van der Waals surface area contributed by atoms with Gasteiger partial charge in [0, 0.05) is 5.69 Å². The molecule has 0 radical (unpaired) electrons. The van der Waals surface area contributed by atoms with Crippen molar-refractivity contribution in [2.75, 3.05) is 12.0 Å². The highest BCUT2D eigenvalue weighted by Crippen LogP contribution is 2.46. The first-order valence-electron chi connectivity index (χ1n) is 12.7. The van der Waals surface area contributed by atoms with Crippen LogP contribution in [0.15, 0.2) is 115 Å². The summed E-state index contributed by atoms with van der Waals surface area (Å²) in [6.07, 6.45) is -0.601. The molecule has 0 aliphatic carbocycles. The second kappa shape index (κ2) is 10.00. The third-order valence-corrected chi connectivity index (χ3v) is 12.3. The van der Waals surface area contributed by atoms with Gasteiger partial charge in [-0.15, -0.1) is 0 Å². The van der Waals surface area contributed by atoms with E-state index in [1.807, 2.05) is 59.5 Å². The summed E-state index contributed by atoms with van der Waals surface area (Å²) in [6, 6.07) is 38.6. The van der Waals surface area contributed by atoms with Gasteiger partial charge in [0.05, 0.1) is 13.2 Å². The fraction of sp³-hybridized carbons (Fsp3) is 0.219. The van der Waals surface area contributed by atoms with Gasteiger partial charge in [-0.25, -0.2) is 0 Å². The molecule has 0 N–H and O–H groups in total. The average molecular weight is 508 g/mol. The summed E-state index contributed by atoms with van der Waals surface area (Å²) in [6.45, 7) is 6.71. The Kier molecular flexibility index (Phi) is 6.76. The predicted octanol–water partition coefficient (Wildman–Crippen LogP) is 5.73. The van der Waals surface area contributed by atoms with Gasteiger partial charge in [0.15, 0.2) is 6.10 Å². The average Bonchev–Trinajstić information content (AvgIpc) is 2.93. The second-order valence-electron chi connectivity index (χ2n) is 10.5. The molecule has 1 amide bonds. The molecule has 1 heterocycles. The molecule has 5 rings (SSSR count). The van der Waals surface area contributed by atoms with E-state index in [-0.39, 0.29) is 17.0 Å². The van der Waals surface area contributed by atoms with E-state index in [0.717, 1.165) is 27.4 Å². The quantitative estimate of drug-likeness (QED) is 0.237. The van der Waals surface area contributed by atoms with Crippen LogP contribution in [0.2, 0.25) is 5.04 Å². The molecule has 1 aliphatic heterocycles. The Balaban J connectivity index is 1.64. The van der Waals surface area contributed by atoms with Crippen molar-refractivity contribution < 1.29 is 14.0 Å². The lowest BCUT2D eigenvalue weighted by atomic mass is 9.90. The van der Waals surface area contributed by atoms with Gasteiger partial charge in [-0.2, -0.15) is 0 Å². The Morgan fingerprint density at radius 1 is 0.703 bits per heavy atom. The first-order chi connectivity index (χ1) is 17.9. The molecular formula is C32H33NO3Si. The minimum absolute atomic E-state index is 0.0213. The summed E-state index contributed by atoms with van der Waals surface area (Å²) in [7, 11) is -1.27. The van der Waals surface area contributed by atoms with Crippen LogP contribution in [0.4, 0.5) is 5.69 Å². The zero-order valence-electron chi connectivity index (χ0n) is 21.8. The van der Waals surface area contributed by atoms with Crippen LogP contribution in [0, 0.1) is 0 Å². The van der Waals surface area contributed by atoms with Crippen LogP contribution >= 0.6 is 0 Å². The van der Waals surface area contributed by atoms with Crippen molar-refractivity contribution in [3.8, 4) is 5.75 Å². The maximum Gasteiger partial charge on any atom is 0.262 e. The number of methoxy groups -OCH3 is 1. The minimum atomic E-state index is -2.91. The molecule has 2 atom stereocenters. The zero-order chi connectivity index (χ0) is 26.0. The number of carbonyl (C=O) groups excluding carboxylic acids is 1. The van der Waals surface area contributed by atoms with Gasteiger partial charge in [-0.3, -0.25) is 9.69 Å². The molecule has 1 aliphatic rings. The van der Waals surface area contributed by atoms with E-state index in [2.05, 4.69) is 81.4 Å². The number of anilines is 1. The van der Waals surface area contributed by atoms with Gasteiger partial charge < -0.3 is 9.16 Å². The van der Waals surface area contributed by atoms with Crippen molar-refractivity contribution in [2.24, 2.45) is 0 Å². The molecule has 4 nitrogen and oxygen atoms in total. The Morgan fingerprint density at radius 2 is 1.19 bits per heavy atom. The summed E-state index contributed by atoms with van der Waals surface area (Å²) in [4.78, 5) is 15.8. The van der Waals surface area contributed by atoms with E-state index >= 15 is 0 Å². The van der Waals surface area contributed by atoms with Crippen LogP contribution < -0.4 is 20.0 Å². The van der Waals surface area contributed by atoms with E-state index < -0.39 is 14.4 Å². The van der Waals surface area contributed by atoms with Crippen LogP contribution in [0.25, 0.3) is 0 Å². The van der Waals surface area contributed by atoms with E-state index in [0.29, 0.717) is 0 Å². The van der Waals surface area contributed by atoms with E-state index in [4.69, 9.17) is 9.16 Å². The third-order valence-electron chi connectivity index (χ3n) is 7.26. The van der Waals surface area contributed by atoms with Crippen molar-refractivity contribution in [1.29, 1.82) is 0 Å². The monoisotopic (exact) mass is 507 g/mol. The number of β-lactam (4-membered cyclic amide) rings is 1. The van der Waals surface area contributed by atoms with Crippen molar-refractivity contribution in [3.05, 3.63) is 121 Å². The summed E-state index contributed by atoms with van der Waals surface area (Å²) >= 11 is 0. The molecule has 0 bridgehead atoms. The standard InChI is InChI=1S/C32H33NO3Si/c1-32(2,3)37(27-16-10-6-11-17-27,28-18-12-7-13-19-28)36-30-29(24-14-8-5-9-15-24)33(31(30)34)25-20-22-26(35-4)23-21-25/h5-23,29-30H,1-4H3/t29-,30+/m1/s1. The van der Waals surface area contributed by atoms with Crippen molar-refractivity contribution in [3.63, 3.8) is 0 Å². The number of ether oxygens (including phenoxy) is 1. The number of hydrogen-bond acceptors (Lipinski definition) is 3. The number of hydrogen-bond donors (Lipinski definition) is 0. The van der Waals surface area contributed by atoms with E-state index in [1.165, 1.54) is 0 Å². The lowest BCUT2D eigenvalue weighted by Crippen LogP contribution is -2.72. The molecule has 4 aromatic rings. The molecule has 5 heteroatoms. The Bertz CT molecular complexity index is 1300. The molecule has 4 aromatic carbocycles. The largest absolute Gasteiger partial charge is 0.497 e. The van der Waals surface area contributed by atoms with E-state index in [9.17, 15) is 4.79 Å². The van der Waals surface area contributed by atoms with Crippen molar-refractivity contribution in [1.82, 2.24) is 0 Å². The van der Waals surface area contributed by atoms with Crippen LogP contribution in [0.5, 0.6) is 5.75 Å². The van der Waals surface area contributed by atoms with Gasteiger partial charge in [0.25, 0.3) is 14.2 Å². The number of benzene rings is 4. The zero-order valence-corrected chi connectivity index (χ0v) is 22.8. The maximum absolute atomic E-state index is 14.0. The number of carbonyl (C=O) groups is 1. The number of amides is 1. The topological polar surface area (TPSA) is 38.8 Å². The summed E-state index contributed by atoms with van der Waals surface area (Å²) in [5.41, 5.74) is 1.89. The second-order valence-corrected chi connectivity index (χ2v) is 14.7. The predicted molar refractivity (Wildman–Crippen MR) is 152 cm³/mol. The lowest BCUT2D eigenvalue weighted by molar-refractivity contribution is -0.135. The molecule has 0 saturated carbocycles. The summed E-state index contributed by atoms with van der Waals surface area (Å²) in [5.74, 6) is 0.736. The SMILES string of the molecule is COc1ccc(N2C(=O)[C@@H](O[Si](c3ccccc3)(c3ccccc3)C(C)(C)C)[C@H]2c2ccccc2)cc1. The highest BCUT2D eigenvalue weighted by molar-refractivity contribution is 6.99. The number of rotatable bonds is 7. The van der Waals surface area contributed by atoms with Crippen molar-refractivity contribution in [2.45, 2.75) is 38.0 Å². The molecular weight excluding hydrogens is 474 g/mol. The molecule has 0 aromatic heterocycles. The molecule has 0 spiro atoms. The van der Waals surface area contributed by atoms with Gasteiger partial charge in [0.2, 0.25) is 0 Å². The van der Waals surface area contributed by atoms with Crippen molar-refractivity contribution >= 4 is 30.3 Å². The fourth-order valence-electron chi connectivity index (χ4n) is 5.46. The molecule has 1 fully saturated rings. The Labute approximate surface area is 220 Å². The van der Waals surface area contributed by atoms with Crippen LogP contribution in [0.3, 0.4) is 0 Å². The Hall–Kier alpha value is -3.67. The van der Waals surface area contributed by atoms with Crippen LogP contribution in [-0.2, 0) is 9.22 Å². The minimum Gasteiger partial charge on any atom is -0.497 e. The number of nitrogens with zero attached hydrogens (tertiary/aromatic N) is 1. The first-order valence-corrected chi connectivity index (χ1v) is 14.6. The molecule has 1 saturated heterocycles. The molecule has 0 unspecified atom stereocenters. The van der Waals surface area contributed by atoms with Crippen LogP contribution in [0.1, 0.15) is 32.4 Å². The highest BCUT2D eigenvalue weighted by atomic mass is 28.4. The maximum atomic E-state index is 14.0. The van der Waals surface area contributed by atoms with Gasteiger partial charge in [-0.05, 0) is 45.2 Å². The highest BCUT2D eigenvalue weighted by Gasteiger charge is 2.58. The molecule has 37 heavy (non-hydrogen) atoms. The van der Waals surface area contributed by atoms with Gasteiger partial charge >= 0.3 is 0 Å². The Morgan fingerprint density at radius 3 is 1.65 bits per heavy atom. The first kappa shape index (κ1) is 25.0. The fourth-order valence-corrected chi connectivity index (χ4v) is 10.1. The van der Waals surface area contributed by atoms with E-state index in [1.54, 1.807) is 7.11 Å². The summed E-state index contributed by atoms with van der Waals surface area (Å²) < 4.78 is 12.6. The lowest BCUT2D eigenvalue weighted by Gasteiger charge is -2.53. The third kappa shape index (κ3) is 4.39. The normalized spacial score (nSPS) is 17.8. The van der Waals surface area contributed by atoms with Gasteiger partial charge in [0.1, 0.15) is 5.75 Å². The van der Waals surface area contributed by atoms with Gasteiger partial charge in [-0.1, -0.05) is 112 Å². The molecule has 188 valence electrons. The smallest absolute Gasteiger partial charge is 0.262 e. The summed E-state index contributed by atoms with van der Waals surface area (Å²) in [5, 5.41) is 2.10.